The van der Waals surface area contributed by atoms with Crippen LogP contribution in [0.15, 0.2) is 24.3 Å². The van der Waals surface area contributed by atoms with Crippen LogP contribution in [0.2, 0.25) is 0 Å². The lowest BCUT2D eigenvalue weighted by molar-refractivity contribution is -0.233. The van der Waals surface area contributed by atoms with Gasteiger partial charge in [0.05, 0.1) is 6.10 Å². The van der Waals surface area contributed by atoms with E-state index in [-0.39, 0.29) is 5.78 Å². The number of carbonyl (C=O) groups excluding carboxylic acids is 1. The van der Waals surface area contributed by atoms with Crippen molar-refractivity contribution in [2.45, 2.75) is 134 Å². The molecule has 1 fully saturated rings. The molecule has 1 aliphatic carbocycles. The largest absolute Gasteiger partial charge is 0.393 e. The smallest absolute Gasteiger partial charge is 0.178 e. The molecule has 31 heavy (non-hydrogen) atoms. The monoisotopic (exact) mass is 434 g/mol. The molecular weight excluding hydrogens is 388 g/mol. The lowest BCUT2D eigenvalue weighted by atomic mass is 9.93. The average molecular weight is 435 g/mol. The van der Waals surface area contributed by atoms with Gasteiger partial charge < -0.3 is 14.6 Å². The van der Waals surface area contributed by atoms with E-state index >= 15 is 0 Å². The second-order valence-corrected chi connectivity index (χ2v) is 9.63. The minimum absolute atomic E-state index is 0.00779. The van der Waals surface area contributed by atoms with Crippen molar-refractivity contribution >= 4 is 5.78 Å². The molecule has 0 saturated carbocycles. The number of aliphatic hydroxyl groups is 1. The highest BCUT2D eigenvalue weighted by Crippen LogP contribution is 2.44. The predicted octanol–water partition coefficient (Wildman–Crippen LogP) is 6.81. The molecule has 0 aromatic carbocycles. The molecule has 1 unspecified atom stereocenters. The fraction of sp³-hybridized carbons (Fsp3) is 0.815. The molecule has 2 atom stereocenters. The number of ketones is 1. The van der Waals surface area contributed by atoms with Crippen molar-refractivity contribution in [1.29, 1.82) is 0 Å². The maximum atomic E-state index is 11.4. The van der Waals surface area contributed by atoms with Crippen LogP contribution in [0.3, 0.4) is 0 Å². The first-order chi connectivity index (χ1) is 15.0. The molecular formula is C27H46O4. The van der Waals surface area contributed by atoms with Gasteiger partial charge in [-0.2, -0.15) is 0 Å². The maximum Gasteiger partial charge on any atom is 0.178 e. The number of unbranched alkanes of at least 4 members (excludes halogenated alkanes) is 12. The van der Waals surface area contributed by atoms with Crippen LogP contribution in [0.25, 0.3) is 0 Å². The van der Waals surface area contributed by atoms with Crippen LogP contribution < -0.4 is 0 Å². The lowest BCUT2D eigenvalue weighted by Crippen LogP contribution is -2.39. The summed E-state index contributed by atoms with van der Waals surface area (Å²) in [5, 5.41) is 10.6. The zero-order valence-corrected chi connectivity index (χ0v) is 20.1. The first kappa shape index (κ1) is 26.3. The Labute approximate surface area is 190 Å². The number of hydrogen-bond donors (Lipinski definition) is 1. The van der Waals surface area contributed by atoms with Crippen LogP contribution in [0, 0.1) is 0 Å². The third kappa shape index (κ3) is 9.59. The van der Waals surface area contributed by atoms with Crippen LogP contribution in [0.5, 0.6) is 0 Å². The Bertz CT molecular complexity index is 552. The van der Waals surface area contributed by atoms with Crippen molar-refractivity contribution in [1.82, 2.24) is 0 Å². The van der Waals surface area contributed by atoms with Gasteiger partial charge in [-0.15, -0.1) is 0 Å². The number of aliphatic hydroxyl groups excluding tert-OH is 1. The summed E-state index contributed by atoms with van der Waals surface area (Å²) < 4.78 is 12.0. The summed E-state index contributed by atoms with van der Waals surface area (Å²) in [6.45, 7) is 2.27. The van der Waals surface area contributed by atoms with E-state index in [4.69, 9.17) is 9.47 Å². The van der Waals surface area contributed by atoms with Gasteiger partial charge in [-0.3, -0.25) is 4.79 Å². The topological polar surface area (TPSA) is 55.8 Å². The van der Waals surface area contributed by atoms with Crippen molar-refractivity contribution in [2.75, 3.05) is 7.11 Å². The molecule has 178 valence electrons. The molecule has 0 aromatic rings. The predicted molar refractivity (Wildman–Crippen MR) is 127 cm³/mol. The Balaban J connectivity index is 1.50. The zero-order valence-electron chi connectivity index (χ0n) is 20.1. The van der Waals surface area contributed by atoms with Gasteiger partial charge in [0.1, 0.15) is 5.60 Å². The standard InChI is InChI=1S/C27H46O4/c1-3-4-5-6-7-8-9-10-11-12-13-14-15-16-25(29)23-27(30-2)22-21-26(31-27)19-17-24(28)18-20-26/h17-20,25,29H,3-16,21-23H2,1-2H3/t25-,27?/m1/s1. The number of carbonyl (C=O) groups is 1. The minimum atomic E-state index is -0.759. The van der Waals surface area contributed by atoms with E-state index in [2.05, 4.69) is 6.92 Å². The molecule has 1 N–H and O–H groups in total. The molecule has 4 heteroatoms. The summed E-state index contributed by atoms with van der Waals surface area (Å²) in [7, 11) is 1.65. The van der Waals surface area contributed by atoms with Crippen LogP contribution in [0.4, 0.5) is 0 Å². The van der Waals surface area contributed by atoms with Crippen molar-refractivity contribution in [3.05, 3.63) is 24.3 Å². The second-order valence-electron chi connectivity index (χ2n) is 9.63. The Kier molecular flexibility index (Phi) is 12.1. The number of ether oxygens (including phenoxy) is 2. The van der Waals surface area contributed by atoms with Crippen molar-refractivity contribution in [3.8, 4) is 0 Å². The summed E-state index contributed by atoms with van der Waals surface area (Å²) in [6, 6.07) is 0. The highest BCUT2D eigenvalue weighted by atomic mass is 16.7. The lowest BCUT2D eigenvalue weighted by Gasteiger charge is -2.33. The Hall–Kier alpha value is -0.970. The molecule has 4 nitrogen and oxygen atoms in total. The Morgan fingerprint density at radius 3 is 1.94 bits per heavy atom. The van der Waals surface area contributed by atoms with Crippen LogP contribution >= 0.6 is 0 Å². The highest BCUT2D eigenvalue weighted by Gasteiger charge is 2.48. The van der Waals surface area contributed by atoms with Crippen LogP contribution in [-0.2, 0) is 14.3 Å². The minimum Gasteiger partial charge on any atom is -0.393 e. The van der Waals surface area contributed by atoms with Crippen molar-refractivity contribution in [3.63, 3.8) is 0 Å². The van der Waals surface area contributed by atoms with E-state index in [0.717, 1.165) is 25.7 Å². The summed E-state index contributed by atoms with van der Waals surface area (Å²) in [6.07, 6.45) is 26.5. The molecule has 0 bridgehead atoms. The average Bonchev–Trinajstić information content (AvgIpc) is 3.12. The van der Waals surface area contributed by atoms with Gasteiger partial charge in [-0.25, -0.2) is 0 Å². The first-order valence-corrected chi connectivity index (χ1v) is 12.9. The summed E-state index contributed by atoms with van der Waals surface area (Å²) in [5.74, 6) is -0.767. The third-order valence-corrected chi connectivity index (χ3v) is 6.89. The fourth-order valence-electron chi connectivity index (χ4n) is 4.86. The van der Waals surface area contributed by atoms with Gasteiger partial charge in [0.2, 0.25) is 0 Å². The summed E-state index contributed by atoms with van der Waals surface area (Å²) >= 11 is 0. The molecule has 1 saturated heterocycles. The van der Waals surface area contributed by atoms with E-state index in [1.165, 1.54) is 77.0 Å². The normalized spacial score (nSPS) is 23.1. The Morgan fingerprint density at radius 2 is 1.42 bits per heavy atom. The molecule has 1 spiro atoms. The highest BCUT2D eigenvalue weighted by molar-refractivity contribution is 6.00. The van der Waals surface area contributed by atoms with Gasteiger partial charge in [0.15, 0.2) is 11.6 Å². The molecule has 0 aromatic heterocycles. The summed E-state index contributed by atoms with van der Waals surface area (Å²) in [4.78, 5) is 11.4. The molecule has 1 aliphatic heterocycles. The molecule has 0 radical (unpaired) electrons. The SMILES string of the molecule is CCCCCCCCCCCCCCC[C@@H](O)CC1(OC)CCC2(C=CC(=O)C=C2)O1. The maximum absolute atomic E-state index is 11.4. The van der Waals surface area contributed by atoms with E-state index in [9.17, 15) is 9.90 Å². The fourth-order valence-corrected chi connectivity index (χ4v) is 4.86. The first-order valence-electron chi connectivity index (χ1n) is 12.9. The van der Waals surface area contributed by atoms with E-state index in [1.54, 1.807) is 19.3 Å². The summed E-state index contributed by atoms with van der Waals surface area (Å²) in [5.41, 5.74) is -0.556. The van der Waals surface area contributed by atoms with Gasteiger partial charge in [-0.1, -0.05) is 90.4 Å². The van der Waals surface area contributed by atoms with Gasteiger partial charge in [0, 0.05) is 20.0 Å². The number of rotatable bonds is 17. The Morgan fingerprint density at radius 1 is 0.903 bits per heavy atom. The van der Waals surface area contributed by atoms with E-state index in [0.29, 0.717) is 6.42 Å². The van der Waals surface area contributed by atoms with Gasteiger partial charge >= 0.3 is 0 Å². The van der Waals surface area contributed by atoms with Crippen LogP contribution in [-0.4, -0.2) is 35.5 Å². The zero-order chi connectivity index (χ0) is 22.4. The van der Waals surface area contributed by atoms with E-state index < -0.39 is 17.5 Å². The molecule has 2 rings (SSSR count). The number of methoxy groups -OCH3 is 1. The van der Waals surface area contributed by atoms with Gasteiger partial charge in [0.25, 0.3) is 0 Å². The van der Waals surface area contributed by atoms with E-state index in [1.807, 2.05) is 12.2 Å². The third-order valence-electron chi connectivity index (χ3n) is 6.89. The van der Waals surface area contributed by atoms with Crippen molar-refractivity contribution < 1.29 is 19.4 Å². The quantitative estimate of drug-likeness (QED) is 0.256. The molecule has 2 aliphatic rings. The number of allylic oxidation sites excluding steroid dienone is 2. The molecule has 0 amide bonds. The van der Waals surface area contributed by atoms with Crippen molar-refractivity contribution in [2.24, 2.45) is 0 Å². The van der Waals surface area contributed by atoms with Gasteiger partial charge in [-0.05, 0) is 37.1 Å². The van der Waals surface area contributed by atoms with Crippen LogP contribution in [0.1, 0.15) is 116 Å². The second kappa shape index (κ2) is 14.2. The number of hydrogen-bond acceptors (Lipinski definition) is 4. The molecule has 1 heterocycles.